The van der Waals surface area contributed by atoms with Gasteiger partial charge in [-0.3, -0.25) is 4.90 Å². The highest BCUT2D eigenvalue weighted by atomic mass is 15.2. The smallest absolute Gasteiger partial charge is 0.0239 e. The topological polar surface area (TPSA) is 15.3 Å². The molecule has 1 fully saturated rings. The molecule has 0 saturated heterocycles. The van der Waals surface area contributed by atoms with Crippen molar-refractivity contribution in [2.24, 2.45) is 0 Å². The zero-order valence-corrected chi connectivity index (χ0v) is 13.2. The quantitative estimate of drug-likeness (QED) is 0.650. The van der Waals surface area contributed by atoms with Gasteiger partial charge in [0, 0.05) is 19.1 Å². The molecule has 0 heterocycles. The first kappa shape index (κ1) is 15.5. The largest absolute Gasteiger partial charge is 0.313 e. The van der Waals surface area contributed by atoms with Gasteiger partial charge in [-0.15, -0.1) is 0 Å². The second kappa shape index (κ2) is 8.43. The molecule has 0 aliphatic heterocycles. The van der Waals surface area contributed by atoms with E-state index < -0.39 is 0 Å². The maximum absolute atomic E-state index is 3.53. The van der Waals surface area contributed by atoms with Crippen LogP contribution >= 0.6 is 0 Å². The Morgan fingerprint density at radius 2 is 1.85 bits per heavy atom. The van der Waals surface area contributed by atoms with Crippen LogP contribution in [0.2, 0.25) is 0 Å². The van der Waals surface area contributed by atoms with Gasteiger partial charge in [-0.2, -0.15) is 0 Å². The van der Waals surface area contributed by atoms with E-state index in [0.717, 1.165) is 25.7 Å². The zero-order valence-electron chi connectivity index (χ0n) is 13.2. The third-order valence-corrected chi connectivity index (χ3v) is 4.10. The maximum atomic E-state index is 3.53. The van der Waals surface area contributed by atoms with E-state index in [1.165, 1.54) is 49.8 Å². The van der Waals surface area contributed by atoms with Crippen LogP contribution in [0.4, 0.5) is 0 Å². The van der Waals surface area contributed by atoms with E-state index in [1.807, 2.05) is 0 Å². The van der Waals surface area contributed by atoms with Crippen LogP contribution in [0.15, 0.2) is 24.3 Å². The lowest BCUT2D eigenvalue weighted by molar-refractivity contribution is 0.250. The van der Waals surface area contributed by atoms with E-state index in [1.54, 1.807) is 0 Å². The summed E-state index contributed by atoms with van der Waals surface area (Å²) >= 11 is 0. The Hall–Kier alpha value is -0.860. The molecular weight excluding hydrogens is 244 g/mol. The molecule has 0 atom stereocenters. The molecule has 0 amide bonds. The normalized spacial score (nSPS) is 14.9. The SMILES string of the molecule is CCCCN(Cc1ccccc1CNCCC)C1CC1. The Morgan fingerprint density at radius 3 is 2.50 bits per heavy atom. The molecule has 1 aliphatic carbocycles. The Morgan fingerprint density at radius 1 is 1.10 bits per heavy atom. The molecule has 1 aromatic carbocycles. The number of benzene rings is 1. The van der Waals surface area contributed by atoms with Crippen molar-refractivity contribution in [3.63, 3.8) is 0 Å². The van der Waals surface area contributed by atoms with Crippen LogP contribution < -0.4 is 5.32 Å². The van der Waals surface area contributed by atoms with Gasteiger partial charge in [-0.25, -0.2) is 0 Å². The lowest BCUT2D eigenvalue weighted by Gasteiger charge is -2.23. The number of nitrogens with one attached hydrogen (secondary N) is 1. The van der Waals surface area contributed by atoms with Gasteiger partial charge < -0.3 is 5.32 Å². The molecule has 1 N–H and O–H groups in total. The van der Waals surface area contributed by atoms with E-state index >= 15 is 0 Å². The average molecular weight is 274 g/mol. The van der Waals surface area contributed by atoms with Crippen molar-refractivity contribution in [1.29, 1.82) is 0 Å². The predicted molar refractivity (Wildman–Crippen MR) is 86.8 cm³/mol. The summed E-state index contributed by atoms with van der Waals surface area (Å²) < 4.78 is 0. The Kier molecular flexibility index (Phi) is 6.55. The van der Waals surface area contributed by atoms with E-state index in [9.17, 15) is 0 Å². The molecule has 0 spiro atoms. The number of hydrogen-bond acceptors (Lipinski definition) is 2. The Bertz CT molecular complexity index is 385. The minimum absolute atomic E-state index is 0.859. The molecule has 2 nitrogen and oxygen atoms in total. The van der Waals surface area contributed by atoms with Crippen molar-refractivity contribution in [3.8, 4) is 0 Å². The highest BCUT2D eigenvalue weighted by Gasteiger charge is 2.28. The van der Waals surface area contributed by atoms with Crippen molar-refractivity contribution < 1.29 is 0 Å². The van der Waals surface area contributed by atoms with Gasteiger partial charge in [0.15, 0.2) is 0 Å². The highest BCUT2D eigenvalue weighted by molar-refractivity contribution is 5.27. The lowest BCUT2D eigenvalue weighted by Crippen LogP contribution is -2.27. The lowest BCUT2D eigenvalue weighted by atomic mass is 10.1. The summed E-state index contributed by atoms with van der Waals surface area (Å²) in [6.07, 6.45) is 6.63. The molecule has 0 radical (unpaired) electrons. The van der Waals surface area contributed by atoms with Gasteiger partial charge >= 0.3 is 0 Å². The van der Waals surface area contributed by atoms with Crippen molar-refractivity contribution in [2.45, 2.75) is 65.1 Å². The molecular formula is C18H30N2. The maximum Gasteiger partial charge on any atom is 0.0239 e. The fraction of sp³-hybridized carbons (Fsp3) is 0.667. The van der Waals surface area contributed by atoms with Gasteiger partial charge in [0.25, 0.3) is 0 Å². The van der Waals surface area contributed by atoms with Gasteiger partial charge in [0.2, 0.25) is 0 Å². The van der Waals surface area contributed by atoms with Gasteiger partial charge in [-0.05, 0) is 49.9 Å². The second-order valence-corrected chi connectivity index (χ2v) is 6.00. The minimum atomic E-state index is 0.859. The third-order valence-electron chi connectivity index (χ3n) is 4.10. The first-order valence-corrected chi connectivity index (χ1v) is 8.36. The van der Waals surface area contributed by atoms with E-state index in [0.29, 0.717) is 0 Å². The van der Waals surface area contributed by atoms with Crippen LogP contribution in [0.3, 0.4) is 0 Å². The Balaban J connectivity index is 1.95. The van der Waals surface area contributed by atoms with Crippen LogP contribution in [0.1, 0.15) is 57.1 Å². The summed E-state index contributed by atoms with van der Waals surface area (Å²) in [5.41, 5.74) is 2.99. The van der Waals surface area contributed by atoms with Crippen LogP contribution in [-0.2, 0) is 13.1 Å². The van der Waals surface area contributed by atoms with Gasteiger partial charge in [0.05, 0.1) is 0 Å². The third kappa shape index (κ3) is 4.92. The summed E-state index contributed by atoms with van der Waals surface area (Å²) in [6.45, 7) is 9.02. The average Bonchev–Trinajstić information content (AvgIpc) is 3.30. The van der Waals surface area contributed by atoms with Crippen molar-refractivity contribution >= 4 is 0 Å². The molecule has 0 aromatic heterocycles. The van der Waals surface area contributed by atoms with Crippen molar-refractivity contribution in [3.05, 3.63) is 35.4 Å². The molecule has 0 unspecified atom stereocenters. The molecule has 0 bridgehead atoms. The molecule has 2 heteroatoms. The predicted octanol–water partition coefficient (Wildman–Crippen LogP) is 3.95. The molecule has 2 rings (SSSR count). The van der Waals surface area contributed by atoms with Crippen LogP contribution in [0, 0.1) is 0 Å². The monoisotopic (exact) mass is 274 g/mol. The fourth-order valence-corrected chi connectivity index (χ4v) is 2.69. The summed E-state index contributed by atoms with van der Waals surface area (Å²) in [7, 11) is 0. The van der Waals surface area contributed by atoms with Gasteiger partial charge in [-0.1, -0.05) is 44.5 Å². The molecule has 1 aromatic rings. The second-order valence-electron chi connectivity index (χ2n) is 6.00. The summed E-state index contributed by atoms with van der Waals surface area (Å²) in [5.74, 6) is 0. The zero-order chi connectivity index (χ0) is 14.2. The fourth-order valence-electron chi connectivity index (χ4n) is 2.69. The molecule has 1 aliphatic rings. The van der Waals surface area contributed by atoms with E-state index in [-0.39, 0.29) is 0 Å². The van der Waals surface area contributed by atoms with Crippen molar-refractivity contribution in [2.75, 3.05) is 13.1 Å². The van der Waals surface area contributed by atoms with Gasteiger partial charge in [0.1, 0.15) is 0 Å². The molecule has 1 saturated carbocycles. The first-order chi connectivity index (χ1) is 9.85. The van der Waals surface area contributed by atoms with Crippen LogP contribution in [-0.4, -0.2) is 24.0 Å². The highest BCUT2D eigenvalue weighted by Crippen LogP contribution is 2.29. The summed E-state index contributed by atoms with van der Waals surface area (Å²) in [5, 5.41) is 3.53. The van der Waals surface area contributed by atoms with Crippen LogP contribution in [0.5, 0.6) is 0 Å². The Labute approximate surface area is 124 Å². The van der Waals surface area contributed by atoms with E-state index in [4.69, 9.17) is 0 Å². The molecule has 112 valence electrons. The summed E-state index contributed by atoms with van der Waals surface area (Å²) in [6, 6.07) is 9.80. The van der Waals surface area contributed by atoms with E-state index in [2.05, 4.69) is 48.3 Å². The van der Waals surface area contributed by atoms with Crippen LogP contribution in [0.25, 0.3) is 0 Å². The number of rotatable bonds is 10. The number of hydrogen-bond donors (Lipinski definition) is 1. The molecule has 20 heavy (non-hydrogen) atoms. The van der Waals surface area contributed by atoms with Crippen molar-refractivity contribution in [1.82, 2.24) is 10.2 Å². The first-order valence-electron chi connectivity index (χ1n) is 8.36. The number of unbranched alkanes of at least 4 members (excludes halogenated alkanes) is 1. The number of nitrogens with zero attached hydrogens (tertiary/aromatic N) is 1. The summed E-state index contributed by atoms with van der Waals surface area (Å²) in [4.78, 5) is 2.70. The standard InChI is InChI=1S/C18H30N2/c1-3-5-13-20(18-10-11-18)15-17-9-7-6-8-16(17)14-19-12-4-2/h6-9,18-19H,3-5,10-15H2,1-2H3. The minimum Gasteiger partial charge on any atom is -0.313 e.